The number of halogens is 4. The Bertz CT molecular complexity index is 754. The minimum absolute atomic E-state index is 0.105. The topological polar surface area (TPSA) is 53.2 Å². The summed E-state index contributed by atoms with van der Waals surface area (Å²) in [6, 6.07) is 14.7. The van der Waals surface area contributed by atoms with E-state index in [9.17, 15) is 9.18 Å². The second-order valence-electron chi connectivity index (χ2n) is 5.31. The highest BCUT2D eigenvalue weighted by atomic mass is 35.6. The molecular weight excluding hydrogens is 420 g/mol. The number of amides is 1. The van der Waals surface area contributed by atoms with E-state index < -0.39 is 9.96 Å². The number of hydrogen-bond acceptors (Lipinski definition) is 2. The number of thiocarbonyl (C=S) groups is 1. The van der Waals surface area contributed by atoms with Crippen molar-refractivity contribution in [2.75, 3.05) is 5.32 Å². The summed E-state index contributed by atoms with van der Waals surface area (Å²) in [4.78, 5) is 12.2. The van der Waals surface area contributed by atoms with Gasteiger partial charge in [-0.2, -0.15) is 0 Å². The SMILES string of the molecule is O=C(Cc1ccccc1)N[C@@H](NC(=S)Nc1ccc(F)cc1)C(Cl)(Cl)Cl. The highest BCUT2D eigenvalue weighted by molar-refractivity contribution is 7.80. The normalized spacial score (nSPS) is 12.2. The first kappa shape index (κ1) is 20.7. The molecule has 0 bridgehead atoms. The molecule has 26 heavy (non-hydrogen) atoms. The number of benzene rings is 2. The summed E-state index contributed by atoms with van der Waals surface area (Å²) in [6.45, 7) is 0. The van der Waals surface area contributed by atoms with Gasteiger partial charge in [0.05, 0.1) is 6.42 Å². The number of alkyl halides is 3. The maximum absolute atomic E-state index is 12.9. The smallest absolute Gasteiger partial charge is 0.228 e. The Morgan fingerprint density at radius 3 is 2.23 bits per heavy atom. The predicted molar refractivity (Wildman–Crippen MR) is 108 cm³/mol. The van der Waals surface area contributed by atoms with Gasteiger partial charge in [-0.25, -0.2) is 4.39 Å². The Hall–Kier alpha value is -1.60. The summed E-state index contributed by atoms with van der Waals surface area (Å²) >= 11 is 22.9. The highest BCUT2D eigenvalue weighted by Gasteiger charge is 2.34. The van der Waals surface area contributed by atoms with Crippen molar-refractivity contribution in [2.45, 2.75) is 16.4 Å². The highest BCUT2D eigenvalue weighted by Crippen LogP contribution is 2.29. The van der Waals surface area contributed by atoms with Crippen molar-refractivity contribution in [1.82, 2.24) is 10.6 Å². The van der Waals surface area contributed by atoms with E-state index in [2.05, 4.69) is 16.0 Å². The average molecular weight is 435 g/mol. The van der Waals surface area contributed by atoms with E-state index in [1.54, 1.807) is 0 Å². The van der Waals surface area contributed by atoms with Gasteiger partial charge in [0.15, 0.2) is 5.11 Å². The molecule has 1 atom stereocenters. The van der Waals surface area contributed by atoms with E-state index in [4.69, 9.17) is 47.0 Å². The van der Waals surface area contributed by atoms with Crippen LogP contribution in [0.5, 0.6) is 0 Å². The molecule has 0 aliphatic carbocycles. The third-order valence-corrected chi connectivity index (χ3v) is 4.09. The van der Waals surface area contributed by atoms with Gasteiger partial charge in [0.2, 0.25) is 9.70 Å². The number of carbonyl (C=O) groups is 1. The summed E-state index contributed by atoms with van der Waals surface area (Å²) in [5, 5.41) is 8.26. The van der Waals surface area contributed by atoms with E-state index in [1.807, 2.05) is 30.3 Å². The minimum Gasteiger partial charge on any atom is -0.339 e. The number of carbonyl (C=O) groups excluding carboxylic acids is 1. The Morgan fingerprint density at radius 1 is 1.04 bits per heavy atom. The van der Waals surface area contributed by atoms with E-state index in [1.165, 1.54) is 24.3 Å². The second-order valence-corrected chi connectivity index (χ2v) is 8.09. The molecule has 0 saturated heterocycles. The van der Waals surface area contributed by atoms with Crippen molar-refractivity contribution < 1.29 is 9.18 Å². The molecule has 4 nitrogen and oxygen atoms in total. The summed E-state index contributed by atoms with van der Waals surface area (Å²) in [7, 11) is 0. The van der Waals surface area contributed by atoms with Gasteiger partial charge < -0.3 is 16.0 Å². The molecule has 0 heterocycles. The second kappa shape index (κ2) is 9.37. The number of rotatable bonds is 5. The van der Waals surface area contributed by atoms with Crippen LogP contribution in [0.25, 0.3) is 0 Å². The fraction of sp³-hybridized carbons (Fsp3) is 0.176. The number of nitrogens with one attached hydrogen (secondary N) is 3. The molecule has 138 valence electrons. The van der Waals surface area contributed by atoms with Gasteiger partial charge in [0.25, 0.3) is 0 Å². The third-order valence-electron chi connectivity index (χ3n) is 3.22. The first-order valence-electron chi connectivity index (χ1n) is 7.47. The van der Waals surface area contributed by atoms with Gasteiger partial charge in [-0.3, -0.25) is 4.79 Å². The van der Waals surface area contributed by atoms with Gasteiger partial charge in [-0.15, -0.1) is 0 Å². The molecule has 3 N–H and O–H groups in total. The molecular formula is C17H15Cl3FN3OS. The fourth-order valence-corrected chi connectivity index (χ4v) is 2.59. The first-order valence-corrected chi connectivity index (χ1v) is 9.01. The zero-order valence-corrected chi connectivity index (χ0v) is 16.4. The minimum atomic E-state index is -1.85. The van der Waals surface area contributed by atoms with Gasteiger partial charge in [-0.05, 0) is 42.0 Å². The molecule has 0 fully saturated rings. The zero-order chi connectivity index (χ0) is 19.2. The van der Waals surface area contributed by atoms with Crippen LogP contribution in [0, 0.1) is 5.82 Å². The van der Waals surface area contributed by atoms with Gasteiger partial charge >= 0.3 is 0 Å². The quantitative estimate of drug-likeness (QED) is 0.376. The van der Waals surface area contributed by atoms with Gasteiger partial charge in [-0.1, -0.05) is 65.1 Å². The van der Waals surface area contributed by atoms with Crippen LogP contribution in [0.1, 0.15) is 5.56 Å². The molecule has 0 aliphatic heterocycles. The molecule has 1 amide bonds. The monoisotopic (exact) mass is 433 g/mol. The Morgan fingerprint density at radius 2 is 1.65 bits per heavy atom. The van der Waals surface area contributed by atoms with E-state index in [0.717, 1.165) is 5.56 Å². The third kappa shape index (κ3) is 6.96. The lowest BCUT2D eigenvalue weighted by atomic mass is 10.1. The van der Waals surface area contributed by atoms with Crippen molar-refractivity contribution in [2.24, 2.45) is 0 Å². The van der Waals surface area contributed by atoms with E-state index >= 15 is 0 Å². The molecule has 0 saturated carbocycles. The maximum atomic E-state index is 12.9. The Labute approximate surface area is 171 Å². The Kier molecular flexibility index (Phi) is 7.46. The molecule has 2 aromatic rings. The average Bonchev–Trinajstić information content (AvgIpc) is 2.56. The molecule has 2 rings (SSSR count). The van der Waals surface area contributed by atoms with Crippen LogP contribution < -0.4 is 16.0 Å². The summed E-state index contributed by atoms with van der Waals surface area (Å²) in [6.07, 6.45) is -0.943. The van der Waals surface area contributed by atoms with Gasteiger partial charge in [0.1, 0.15) is 12.0 Å². The predicted octanol–water partition coefficient (Wildman–Crippen LogP) is 4.17. The fourth-order valence-electron chi connectivity index (χ4n) is 2.02. The van der Waals surface area contributed by atoms with Crippen molar-refractivity contribution in [3.05, 3.63) is 66.0 Å². The maximum Gasteiger partial charge on any atom is 0.228 e. The molecule has 9 heteroatoms. The number of anilines is 1. The summed E-state index contributed by atoms with van der Waals surface area (Å²) in [5.41, 5.74) is 1.36. The first-order chi connectivity index (χ1) is 12.2. The van der Waals surface area contributed by atoms with Crippen molar-refractivity contribution in [3.63, 3.8) is 0 Å². The van der Waals surface area contributed by atoms with Crippen molar-refractivity contribution >= 4 is 63.7 Å². The van der Waals surface area contributed by atoms with E-state index in [-0.39, 0.29) is 23.3 Å². The lowest BCUT2D eigenvalue weighted by Crippen LogP contribution is -2.56. The number of hydrogen-bond donors (Lipinski definition) is 3. The molecule has 2 aromatic carbocycles. The Balaban J connectivity index is 1.97. The molecule has 0 radical (unpaired) electrons. The van der Waals surface area contributed by atoms with Crippen LogP contribution in [-0.2, 0) is 11.2 Å². The van der Waals surface area contributed by atoms with Gasteiger partial charge in [0, 0.05) is 5.69 Å². The van der Waals surface area contributed by atoms with Crippen LogP contribution in [0.2, 0.25) is 0 Å². The molecule has 0 aliphatic rings. The van der Waals surface area contributed by atoms with E-state index in [0.29, 0.717) is 5.69 Å². The van der Waals surface area contributed by atoms with Crippen LogP contribution >= 0.6 is 47.0 Å². The van der Waals surface area contributed by atoms with Crippen molar-refractivity contribution in [3.8, 4) is 0 Å². The lowest BCUT2D eigenvalue weighted by molar-refractivity contribution is -0.121. The molecule has 0 aromatic heterocycles. The molecule has 0 unspecified atom stereocenters. The zero-order valence-electron chi connectivity index (χ0n) is 13.3. The summed E-state index contributed by atoms with van der Waals surface area (Å²) in [5.74, 6) is -0.716. The van der Waals surface area contributed by atoms with Crippen LogP contribution in [0.15, 0.2) is 54.6 Å². The lowest BCUT2D eigenvalue weighted by Gasteiger charge is -2.27. The van der Waals surface area contributed by atoms with Crippen molar-refractivity contribution in [1.29, 1.82) is 0 Å². The summed E-state index contributed by atoms with van der Waals surface area (Å²) < 4.78 is 11.1. The standard InChI is InChI=1S/C17H15Cl3FN3OS/c18-17(19,20)15(23-14(25)10-11-4-2-1-3-5-11)24-16(26)22-13-8-6-12(21)7-9-13/h1-9,15H,10H2,(H,23,25)(H2,22,24,26)/t15-/m0/s1. The largest absolute Gasteiger partial charge is 0.339 e. The van der Waals surface area contributed by atoms with Crippen LogP contribution in [-0.4, -0.2) is 21.0 Å². The molecule has 0 spiro atoms. The van der Waals surface area contributed by atoms with Crippen LogP contribution in [0.4, 0.5) is 10.1 Å². The van der Waals surface area contributed by atoms with Crippen LogP contribution in [0.3, 0.4) is 0 Å².